The standard InChI is InChI=1S/C16H22O4/c1-10-7-12-9-14(2,15(10,3)18)6-5-11-8-13(17)20-16(11,12)19-4/h8,12,18H,1,5-7,9H2,2-4H3/t12-,14-,15+,16-/m0/s1. The van der Waals surface area contributed by atoms with Crippen LogP contribution in [0.15, 0.2) is 23.8 Å². The van der Waals surface area contributed by atoms with Crippen molar-refractivity contribution in [3.8, 4) is 0 Å². The topological polar surface area (TPSA) is 55.8 Å². The molecule has 2 aliphatic carbocycles. The van der Waals surface area contributed by atoms with Gasteiger partial charge in [0.15, 0.2) is 0 Å². The van der Waals surface area contributed by atoms with Gasteiger partial charge in [0.2, 0.25) is 5.79 Å². The number of esters is 1. The smallest absolute Gasteiger partial charge is 0.333 e. The molecule has 0 radical (unpaired) electrons. The molecule has 0 aromatic heterocycles. The molecule has 1 aliphatic heterocycles. The summed E-state index contributed by atoms with van der Waals surface area (Å²) >= 11 is 0. The van der Waals surface area contributed by atoms with Crippen LogP contribution in [0.5, 0.6) is 0 Å². The first-order chi connectivity index (χ1) is 9.25. The second-order valence-corrected chi connectivity index (χ2v) is 6.80. The minimum Gasteiger partial charge on any atom is -0.425 e. The largest absolute Gasteiger partial charge is 0.425 e. The first-order valence-corrected chi connectivity index (χ1v) is 7.15. The number of aliphatic hydroxyl groups is 1. The van der Waals surface area contributed by atoms with Crippen LogP contribution in [0, 0.1) is 11.3 Å². The van der Waals surface area contributed by atoms with Gasteiger partial charge in [-0.3, -0.25) is 0 Å². The Morgan fingerprint density at radius 1 is 1.50 bits per heavy atom. The number of hydrogen-bond donors (Lipinski definition) is 1. The molecule has 0 amide bonds. The van der Waals surface area contributed by atoms with Crippen LogP contribution in [-0.4, -0.2) is 29.6 Å². The molecule has 0 saturated heterocycles. The number of hydrogen-bond acceptors (Lipinski definition) is 4. The van der Waals surface area contributed by atoms with Crippen molar-refractivity contribution in [3.05, 3.63) is 23.8 Å². The van der Waals surface area contributed by atoms with Crippen molar-refractivity contribution in [1.82, 2.24) is 0 Å². The number of carbonyl (C=O) groups is 1. The molecule has 4 nitrogen and oxygen atoms in total. The number of rotatable bonds is 1. The van der Waals surface area contributed by atoms with E-state index in [0.717, 1.165) is 24.0 Å². The van der Waals surface area contributed by atoms with Gasteiger partial charge >= 0.3 is 5.97 Å². The molecule has 4 atom stereocenters. The second-order valence-electron chi connectivity index (χ2n) is 6.80. The molecule has 0 aromatic rings. The Labute approximate surface area is 119 Å². The number of ether oxygens (including phenoxy) is 2. The lowest BCUT2D eigenvalue weighted by Crippen LogP contribution is -2.53. The SMILES string of the molecule is C=C1C[C@H]2C[C@](C)(CCC3=CC(=O)O[C@@]32OC)[C@]1(C)O. The zero-order valence-electron chi connectivity index (χ0n) is 12.4. The van der Waals surface area contributed by atoms with Crippen LogP contribution >= 0.6 is 0 Å². The van der Waals surface area contributed by atoms with Crippen LogP contribution in [0.25, 0.3) is 0 Å². The Morgan fingerprint density at radius 3 is 2.85 bits per heavy atom. The van der Waals surface area contributed by atoms with E-state index in [1.54, 1.807) is 13.2 Å². The molecular weight excluding hydrogens is 256 g/mol. The van der Waals surface area contributed by atoms with Crippen molar-refractivity contribution in [2.24, 2.45) is 11.3 Å². The van der Waals surface area contributed by atoms with Gasteiger partial charge in [-0.2, -0.15) is 0 Å². The lowest BCUT2D eigenvalue weighted by molar-refractivity contribution is -0.222. The summed E-state index contributed by atoms with van der Waals surface area (Å²) in [5.41, 5.74) is 0.554. The third-order valence-electron chi connectivity index (χ3n) is 5.83. The van der Waals surface area contributed by atoms with Crippen LogP contribution in [0.4, 0.5) is 0 Å². The van der Waals surface area contributed by atoms with E-state index in [0.29, 0.717) is 12.8 Å². The van der Waals surface area contributed by atoms with Crippen LogP contribution in [0.2, 0.25) is 0 Å². The van der Waals surface area contributed by atoms with Crippen LogP contribution in [0.3, 0.4) is 0 Å². The summed E-state index contributed by atoms with van der Waals surface area (Å²) in [5.74, 6) is -1.26. The maximum absolute atomic E-state index is 11.7. The van der Waals surface area contributed by atoms with Gasteiger partial charge in [-0.1, -0.05) is 13.5 Å². The molecule has 20 heavy (non-hydrogen) atoms. The van der Waals surface area contributed by atoms with Crippen LogP contribution < -0.4 is 0 Å². The molecule has 1 N–H and O–H groups in total. The van der Waals surface area contributed by atoms with E-state index >= 15 is 0 Å². The molecule has 1 heterocycles. The average molecular weight is 278 g/mol. The van der Waals surface area contributed by atoms with Crippen molar-refractivity contribution in [2.45, 2.75) is 50.9 Å². The van der Waals surface area contributed by atoms with Gasteiger partial charge in [-0.15, -0.1) is 0 Å². The van der Waals surface area contributed by atoms with Gasteiger partial charge < -0.3 is 14.6 Å². The fourth-order valence-corrected chi connectivity index (χ4v) is 4.18. The molecule has 3 aliphatic rings. The van der Waals surface area contributed by atoms with Gasteiger partial charge in [0, 0.05) is 30.1 Å². The van der Waals surface area contributed by atoms with E-state index in [4.69, 9.17) is 9.47 Å². The highest BCUT2D eigenvalue weighted by Crippen LogP contribution is 2.59. The Balaban J connectivity index is 2.10. The highest BCUT2D eigenvalue weighted by atomic mass is 16.7. The maximum atomic E-state index is 11.7. The monoisotopic (exact) mass is 278 g/mol. The summed E-state index contributed by atoms with van der Waals surface area (Å²) in [7, 11) is 1.59. The van der Waals surface area contributed by atoms with Crippen molar-refractivity contribution < 1.29 is 19.4 Å². The third-order valence-corrected chi connectivity index (χ3v) is 5.83. The van der Waals surface area contributed by atoms with Crippen LogP contribution in [-0.2, 0) is 14.3 Å². The molecule has 0 unspecified atom stereocenters. The normalized spacial score (nSPS) is 47.4. The van der Waals surface area contributed by atoms with E-state index in [9.17, 15) is 9.90 Å². The predicted molar refractivity (Wildman–Crippen MR) is 73.7 cm³/mol. The highest BCUT2D eigenvalue weighted by Gasteiger charge is 2.61. The Hall–Kier alpha value is -1.13. The predicted octanol–water partition coefficient (Wildman–Crippen LogP) is 2.33. The van der Waals surface area contributed by atoms with E-state index in [1.165, 1.54) is 0 Å². The summed E-state index contributed by atoms with van der Waals surface area (Å²) in [6.07, 6.45) is 4.43. The minimum absolute atomic E-state index is 0.0189. The molecule has 4 heteroatoms. The minimum atomic E-state index is -0.950. The molecule has 2 saturated carbocycles. The quantitative estimate of drug-likeness (QED) is 0.591. The second kappa shape index (κ2) is 3.95. The van der Waals surface area contributed by atoms with E-state index in [1.807, 2.05) is 6.92 Å². The fourth-order valence-electron chi connectivity index (χ4n) is 4.18. The fraction of sp³-hybridized carbons (Fsp3) is 0.688. The molecule has 0 aromatic carbocycles. The number of methoxy groups -OCH3 is 1. The van der Waals surface area contributed by atoms with Gasteiger partial charge in [0.25, 0.3) is 0 Å². The Bertz CT molecular complexity index is 519. The van der Waals surface area contributed by atoms with Crippen molar-refractivity contribution in [1.29, 1.82) is 0 Å². The lowest BCUT2D eigenvalue weighted by Gasteiger charge is -2.51. The highest BCUT2D eigenvalue weighted by molar-refractivity contribution is 5.86. The summed E-state index contributed by atoms with van der Waals surface area (Å²) in [6.45, 7) is 8.02. The molecule has 3 rings (SSSR count). The molecule has 110 valence electrons. The van der Waals surface area contributed by atoms with Crippen molar-refractivity contribution in [3.63, 3.8) is 0 Å². The number of fused-ring (bicyclic) bond motifs is 4. The molecule has 0 spiro atoms. The molecule has 2 bridgehead atoms. The summed E-state index contributed by atoms with van der Waals surface area (Å²) in [6, 6.07) is 0. The summed E-state index contributed by atoms with van der Waals surface area (Å²) in [5, 5.41) is 10.8. The first kappa shape index (κ1) is 13.8. The molecule has 2 fully saturated rings. The van der Waals surface area contributed by atoms with E-state index in [-0.39, 0.29) is 17.3 Å². The zero-order chi connectivity index (χ0) is 14.8. The van der Waals surface area contributed by atoms with Gasteiger partial charge in [-0.05, 0) is 38.2 Å². The Morgan fingerprint density at radius 2 is 2.20 bits per heavy atom. The summed E-state index contributed by atoms with van der Waals surface area (Å²) in [4.78, 5) is 11.7. The summed E-state index contributed by atoms with van der Waals surface area (Å²) < 4.78 is 11.2. The van der Waals surface area contributed by atoms with Gasteiger partial charge in [0.05, 0.1) is 5.60 Å². The Kier molecular flexibility index (Phi) is 2.73. The molecular formula is C16H22O4. The average Bonchev–Trinajstić information content (AvgIpc) is 2.66. The van der Waals surface area contributed by atoms with E-state index < -0.39 is 11.4 Å². The van der Waals surface area contributed by atoms with E-state index in [2.05, 4.69) is 13.5 Å². The van der Waals surface area contributed by atoms with Crippen LogP contribution in [0.1, 0.15) is 39.5 Å². The van der Waals surface area contributed by atoms with Crippen molar-refractivity contribution >= 4 is 5.97 Å². The van der Waals surface area contributed by atoms with Crippen molar-refractivity contribution in [2.75, 3.05) is 7.11 Å². The van der Waals surface area contributed by atoms with Gasteiger partial charge in [0.1, 0.15) is 0 Å². The number of carbonyl (C=O) groups excluding carboxylic acids is 1. The first-order valence-electron chi connectivity index (χ1n) is 7.15. The van der Waals surface area contributed by atoms with Gasteiger partial charge in [-0.25, -0.2) is 4.79 Å². The maximum Gasteiger partial charge on any atom is 0.333 e. The lowest BCUT2D eigenvalue weighted by atomic mass is 9.58. The third kappa shape index (κ3) is 1.52. The zero-order valence-corrected chi connectivity index (χ0v) is 12.4.